The molecule has 8 atom stereocenters. The highest BCUT2D eigenvalue weighted by atomic mass is 16.5. The first kappa shape index (κ1) is 17.4. The van der Waals surface area contributed by atoms with E-state index in [-0.39, 0.29) is 34.5 Å². The molecule has 0 spiro atoms. The van der Waals surface area contributed by atoms with Crippen molar-refractivity contribution in [3.63, 3.8) is 0 Å². The van der Waals surface area contributed by atoms with E-state index in [1.807, 2.05) is 0 Å². The molecule has 0 aromatic heterocycles. The second kappa shape index (κ2) is 5.72. The SMILES string of the molecule is COC(=O)[C@H]1CC[C@H]2[C@@H]3CC[C@H]4NC(=O)[C@H](C)C[C@]4(C)C3CC[C@]12C. The Hall–Kier alpha value is -1.06. The van der Waals surface area contributed by atoms with Gasteiger partial charge in [-0.25, -0.2) is 0 Å². The van der Waals surface area contributed by atoms with Crippen LogP contribution in [0.2, 0.25) is 0 Å². The van der Waals surface area contributed by atoms with Crippen LogP contribution < -0.4 is 5.32 Å². The molecule has 0 radical (unpaired) electrons. The molecular weight excluding hydrogens is 314 g/mol. The molecule has 3 saturated carbocycles. The third kappa shape index (κ3) is 2.31. The normalized spacial score (nSPS) is 51.8. The number of piperidine rings is 1. The van der Waals surface area contributed by atoms with Gasteiger partial charge in [0.2, 0.25) is 5.91 Å². The lowest BCUT2D eigenvalue weighted by atomic mass is 9.46. The number of rotatable bonds is 1. The van der Waals surface area contributed by atoms with E-state index in [0.29, 0.717) is 23.8 Å². The van der Waals surface area contributed by atoms with E-state index in [0.717, 1.165) is 25.7 Å². The Morgan fingerprint density at radius 3 is 2.52 bits per heavy atom. The van der Waals surface area contributed by atoms with Crippen LogP contribution in [0.4, 0.5) is 0 Å². The summed E-state index contributed by atoms with van der Waals surface area (Å²) in [5.41, 5.74) is 0.335. The summed E-state index contributed by atoms with van der Waals surface area (Å²) >= 11 is 0. The van der Waals surface area contributed by atoms with E-state index in [9.17, 15) is 9.59 Å². The van der Waals surface area contributed by atoms with Crippen molar-refractivity contribution in [2.75, 3.05) is 7.11 Å². The van der Waals surface area contributed by atoms with Gasteiger partial charge >= 0.3 is 5.97 Å². The molecule has 0 aromatic carbocycles. The quantitative estimate of drug-likeness (QED) is 0.738. The van der Waals surface area contributed by atoms with Crippen LogP contribution in [0.1, 0.15) is 65.7 Å². The highest BCUT2D eigenvalue weighted by Crippen LogP contribution is 2.65. The van der Waals surface area contributed by atoms with Gasteiger partial charge in [0.25, 0.3) is 0 Å². The molecule has 4 aliphatic rings. The van der Waals surface area contributed by atoms with Crippen molar-refractivity contribution < 1.29 is 14.3 Å². The van der Waals surface area contributed by atoms with Crippen molar-refractivity contribution in [3.8, 4) is 0 Å². The zero-order chi connectivity index (χ0) is 18.0. The number of amides is 1. The predicted octanol–water partition coefficient (Wildman–Crippen LogP) is 3.54. The number of ether oxygens (including phenoxy) is 1. The second-order valence-corrected chi connectivity index (χ2v) is 9.82. The smallest absolute Gasteiger partial charge is 0.309 e. The van der Waals surface area contributed by atoms with Crippen LogP contribution in [0.25, 0.3) is 0 Å². The predicted molar refractivity (Wildman–Crippen MR) is 95.6 cm³/mol. The fraction of sp³-hybridized carbons (Fsp3) is 0.905. The fourth-order valence-corrected chi connectivity index (χ4v) is 7.58. The van der Waals surface area contributed by atoms with E-state index in [2.05, 4.69) is 26.1 Å². The van der Waals surface area contributed by atoms with Crippen LogP contribution in [0.5, 0.6) is 0 Å². The van der Waals surface area contributed by atoms with Gasteiger partial charge in [-0.05, 0) is 73.5 Å². The molecular formula is C21H33NO3. The topological polar surface area (TPSA) is 55.4 Å². The molecule has 140 valence electrons. The van der Waals surface area contributed by atoms with Crippen molar-refractivity contribution in [3.05, 3.63) is 0 Å². The van der Waals surface area contributed by atoms with Crippen molar-refractivity contribution >= 4 is 11.9 Å². The maximum atomic E-state index is 12.3. The van der Waals surface area contributed by atoms with Gasteiger partial charge in [0, 0.05) is 12.0 Å². The average Bonchev–Trinajstić information content (AvgIpc) is 2.93. The third-order valence-corrected chi connectivity index (χ3v) is 8.86. The zero-order valence-electron chi connectivity index (χ0n) is 16.1. The van der Waals surface area contributed by atoms with Gasteiger partial charge in [0.1, 0.15) is 0 Å². The van der Waals surface area contributed by atoms with Crippen LogP contribution in [0.15, 0.2) is 0 Å². The Morgan fingerprint density at radius 2 is 1.80 bits per heavy atom. The zero-order valence-corrected chi connectivity index (χ0v) is 16.1. The summed E-state index contributed by atoms with van der Waals surface area (Å²) in [5, 5.41) is 3.33. The van der Waals surface area contributed by atoms with Crippen LogP contribution in [0, 0.1) is 40.4 Å². The Balaban J connectivity index is 1.62. The first-order valence-electron chi connectivity index (χ1n) is 10.2. The summed E-state index contributed by atoms with van der Waals surface area (Å²) in [6, 6.07) is 0.347. The summed E-state index contributed by atoms with van der Waals surface area (Å²) in [4.78, 5) is 24.5. The molecule has 25 heavy (non-hydrogen) atoms. The number of hydrogen-bond donors (Lipinski definition) is 1. The van der Waals surface area contributed by atoms with Gasteiger partial charge in [-0.15, -0.1) is 0 Å². The Kier molecular flexibility index (Phi) is 3.97. The van der Waals surface area contributed by atoms with Crippen LogP contribution >= 0.6 is 0 Å². The van der Waals surface area contributed by atoms with Crippen molar-refractivity contribution in [2.45, 2.75) is 71.8 Å². The molecule has 4 heteroatoms. The summed E-state index contributed by atoms with van der Waals surface area (Å²) < 4.78 is 5.13. The Bertz CT molecular complexity index is 590. The highest BCUT2D eigenvalue weighted by molar-refractivity contribution is 5.79. The maximum Gasteiger partial charge on any atom is 0.309 e. The molecule has 0 aromatic rings. The number of nitrogens with one attached hydrogen (secondary N) is 1. The number of carbonyl (C=O) groups excluding carboxylic acids is 2. The lowest BCUT2D eigenvalue weighted by molar-refractivity contribution is -0.157. The highest BCUT2D eigenvalue weighted by Gasteiger charge is 2.62. The van der Waals surface area contributed by atoms with Gasteiger partial charge in [-0.3, -0.25) is 9.59 Å². The first-order valence-corrected chi connectivity index (χ1v) is 10.2. The molecule has 1 saturated heterocycles. The van der Waals surface area contributed by atoms with Gasteiger partial charge in [-0.1, -0.05) is 20.8 Å². The molecule has 1 unspecified atom stereocenters. The Morgan fingerprint density at radius 1 is 1.08 bits per heavy atom. The first-order chi connectivity index (χ1) is 11.8. The molecule has 1 heterocycles. The molecule has 3 aliphatic carbocycles. The third-order valence-electron chi connectivity index (χ3n) is 8.86. The molecule has 4 nitrogen and oxygen atoms in total. The molecule has 4 rings (SSSR count). The molecule has 1 N–H and O–H groups in total. The maximum absolute atomic E-state index is 12.3. The fourth-order valence-electron chi connectivity index (χ4n) is 7.58. The van der Waals surface area contributed by atoms with E-state index < -0.39 is 0 Å². The van der Waals surface area contributed by atoms with Gasteiger partial charge < -0.3 is 10.1 Å². The summed E-state index contributed by atoms with van der Waals surface area (Å²) in [7, 11) is 1.53. The molecule has 1 amide bonds. The average molecular weight is 347 g/mol. The minimum atomic E-state index is 0.00176. The van der Waals surface area contributed by atoms with Crippen LogP contribution in [0.3, 0.4) is 0 Å². The minimum absolute atomic E-state index is 0.00176. The lowest BCUT2D eigenvalue weighted by Crippen LogP contribution is -2.62. The number of methoxy groups -OCH3 is 1. The van der Waals surface area contributed by atoms with Crippen molar-refractivity contribution in [2.24, 2.45) is 40.4 Å². The molecule has 0 bridgehead atoms. The summed E-state index contributed by atoms with van der Waals surface area (Å²) in [5.74, 6) is 2.48. The van der Waals surface area contributed by atoms with E-state index >= 15 is 0 Å². The van der Waals surface area contributed by atoms with Crippen LogP contribution in [-0.2, 0) is 14.3 Å². The number of esters is 1. The molecule has 1 aliphatic heterocycles. The van der Waals surface area contributed by atoms with E-state index in [1.165, 1.54) is 26.4 Å². The van der Waals surface area contributed by atoms with E-state index in [4.69, 9.17) is 4.74 Å². The largest absolute Gasteiger partial charge is 0.469 e. The summed E-state index contributed by atoms with van der Waals surface area (Å²) in [6.07, 6.45) is 7.81. The number of hydrogen-bond acceptors (Lipinski definition) is 3. The standard InChI is InChI=1S/C21H33NO3/c1-12-11-21(3)15-9-10-20(2)14(6-7-16(20)19(24)25-4)13(15)5-8-17(21)22-18(12)23/h12-17H,5-11H2,1-4H3,(H,22,23)/t12-,13+,14+,15?,16-,17-,20+,21-/m1/s1. The van der Waals surface area contributed by atoms with E-state index in [1.54, 1.807) is 0 Å². The number of fused-ring (bicyclic) bond motifs is 5. The summed E-state index contributed by atoms with van der Waals surface area (Å²) in [6.45, 7) is 6.86. The van der Waals surface area contributed by atoms with Gasteiger partial charge in [0.15, 0.2) is 0 Å². The molecule has 4 fully saturated rings. The van der Waals surface area contributed by atoms with Crippen molar-refractivity contribution in [1.82, 2.24) is 5.32 Å². The van der Waals surface area contributed by atoms with Crippen LogP contribution in [-0.4, -0.2) is 25.0 Å². The van der Waals surface area contributed by atoms with Gasteiger partial charge in [-0.2, -0.15) is 0 Å². The minimum Gasteiger partial charge on any atom is -0.469 e. The second-order valence-electron chi connectivity index (χ2n) is 9.82. The lowest BCUT2D eigenvalue weighted by Gasteiger charge is -2.60. The van der Waals surface area contributed by atoms with Gasteiger partial charge in [0.05, 0.1) is 13.0 Å². The van der Waals surface area contributed by atoms with Crippen molar-refractivity contribution in [1.29, 1.82) is 0 Å². The Labute approximate surface area is 151 Å². The monoisotopic (exact) mass is 347 g/mol. The number of carbonyl (C=O) groups is 2.